The molecule has 0 aliphatic carbocycles. The van der Waals surface area contributed by atoms with Crippen molar-refractivity contribution in [3.05, 3.63) is 64.8 Å². The molecule has 3 aromatic rings. The molecule has 0 saturated carbocycles. The van der Waals surface area contributed by atoms with Crippen LogP contribution in [0.5, 0.6) is 0 Å². The maximum Gasteiger partial charge on any atom is 0.274 e. The van der Waals surface area contributed by atoms with E-state index in [1.54, 1.807) is 6.07 Å². The maximum atomic E-state index is 12.3. The fraction of sp³-hybridized carbons (Fsp3) is 0. The number of benzene rings is 2. The van der Waals surface area contributed by atoms with Crippen LogP contribution >= 0.6 is 15.9 Å². The topological polar surface area (TPSA) is 68.0 Å². The summed E-state index contributed by atoms with van der Waals surface area (Å²) in [5, 5.41) is 4.55. The summed E-state index contributed by atoms with van der Waals surface area (Å²) >= 11 is 3.39. The van der Waals surface area contributed by atoms with Crippen LogP contribution in [0, 0.1) is 0 Å². The lowest BCUT2D eigenvalue weighted by Crippen LogP contribution is -2.14. The van der Waals surface area contributed by atoms with E-state index in [1.807, 2.05) is 48.5 Å². The number of nitrogens with zero attached hydrogens (tertiary/aromatic N) is 1. The molecule has 2 aromatic carbocycles. The second-order valence-corrected chi connectivity index (χ2v) is 5.40. The van der Waals surface area contributed by atoms with Crippen LogP contribution in [-0.2, 0) is 0 Å². The number of rotatable bonds is 2. The highest BCUT2D eigenvalue weighted by atomic mass is 79.9. The van der Waals surface area contributed by atoms with Crippen molar-refractivity contribution in [3.8, 4) is 0 Å². The Hall–Kier alpha value is -2.40. The van der Waals surface area contributed by atoms with Crippen molar-refractivity contribution in [3.63, 3.8) is 0 Å². The zero-order valence-electron chi connectivity index (χ0n) is 11.0. The number of anilines is 2. The van der Waals surface area contributed by atoms with Crippen molar-refractivity contribution in [1.82, 2.24) is 4.98 Å². The zero-order chi connectivity index (χ0) is 14.8. The minimum absolute atomic E-state index is 0.292. The van der Waals surface area contributed by atoms with E-state index in [9.17, 15) is 4.79 Å². The second kappa shape index (κ2) is 5.54. The number of nitrogen functional groups attached to an aromatic ring is 1. The van der Waals surface area contributed by atoms with Crippen LogP contribution in [-0.4, -0.2) is 10.9 Å². The second-order valence-electron chi connectivity index (χ2n) is 4.55. The average Bonchev–Trinajstić information content (AvgIpc) is 2.49. The van der Waals surface area contributed by atoms with Crippen LogP contribution < -0.4 is 11.1 Å². The molecule has 0 saturated heterocycles. The van der Waals surface area contributed by atoms with Crippen LogP contribution in [0.2, 0.25) is 0 Å². The quantitative estimate of drug-likeness (QED) is 0.744. The van der Waals surface area contributed by atoms with Crippen molar-refractivity contribution in [2.24, 2.45) is 0 Å². The maximum absolute atomic E-state index is 12.3. The zero-order valence-corrected chi connectivity index (χ0v) is 12.6. The van der Waals surface area contributed by atoms with Crippen molar-refractivity contribution >= 4 is 44.1 Å². The number of amides is 1. The largest absolute Gasteiger partial charge is 0.383 e. The number of hydrogen-bond acceptors (Lipinski definition) is 3. The number of fused-ring (bicyclic) bond motifs is 1. The van der Waals surface area contributed by atoms with Crippen LogP contribution in [0.15, 0.2) is 59.1 Å². The molecule has 1 amide bonds. The van der Waals surface area contributed by atoms with E-state index in [1.165, 1.54) is 0 Å². The minimum Gasteiger partial charge on any atom is -0.383 e. The van der Waals surface area contributed by atoms with Gasteiger partial charge in [0.15, 0.2) is 0 Å². The van der Waals surface area contributed by atoms with E-state index in [2.05, 4.69) is 26.2 Å². The molecule has 3 N–H and O–H groups in total. The minimum atomic E-state index is -0.292. The molecule has 0 radical (unpaired) electrons. The predicted molar refractivity (Wildman–Crippen MR) is 88.3 cm³/mol. The summed E-state index contributed by atoms with van der Waals surface area (Å²) in [6, 6.07) is 16.7. The molecule has 5 heteroatoms. The lowest BCUT2D eigenvalue weighted by molar-refractivity contribution is 0.102. The monoisotopic (exact) mass is 341 g/mol. The summed E-state index contributed by atoms with van der Waals surface area (Å²) in [6.45, 7) is 0. The van der Waals surface area contributed by atoms with Crippen LogP contribution in [0.4, 0.5) is 11.5 Å². The SMILES string of the molecule is Nc1nc(C(=O)Nc2ccccc2Br)cc2ccccc12. The van der Waals surface area contributed by atoms with E-state index < -0.39 is 0 Å². The van der Waals surface area contributed by atoms with Gasteiger partial charge in [0.2, 0.25) is 0 Å². The fourth-order valence-corrected chi connectivity index (χ4v) is 2.47. The summed E-state index contributed by atoms with van der Waals surface area (Å²) in [6.07, 6.45) is 0. The third kappa shape index (κ3) is 2.73. The van der Waals surface area contributed by atoms with E-state index in [-0.39, 0.29) is 5.91 Å². The number of pyridine rings is 1. The summed E-state index contributed by atoms with van der Waals surface area (Å²) < 4.78 is 0.812. The van der Waals surface area contributed by atoms with Gasteiger partial charge in [-0.2, -0.15) is 0 Å². The summed E-state index contributed by atoms with van der Waals surface area (Å²) in [5.74, 6) is 0.0599. The third-order valence-electron chi connectivity index (χ3n) is 3.12. The molecule has 4 nitrogen and oxygen atoms in total. The number of nitrogens with two attached hydrogens (primary N) is 1. The first-order valence-electron chi connectivity index (χ1n) is 6.36. The van der Waals surface area contributed by atoms with Crippen LogP contribution in [0.25, 0.3) is 10.8 Å². The first-order chi connectivity index (χ1) is 10.1. The number of carbonyl (C=O) groups is 1. The van der Waals surface area contributed by atoms with Crippen molar-refractivity contribution in [2.75, 3.05) is 11.1 Å². The number of aromatic nitrogens is 1. The molecule has 0 aliphatic heterocycles. The van der Waals surface area contributed by atoms with Gasteiger partial charge < -0.3 is 11.1 Å². The summed E-state index contributed by atoms with van der Waals surface area (Å²) in [7, 11) is 0. The van der Waals surface area contributed by atoms with E-state index in [4.69, 9.17) is 5.73 Å². The molecular weight excluding hydrogens is 330 g/mol. The van der Waals surface area contributed by atoms with Gasteiger partial charge in [-0.1, -0.05) is 36.4 Å². The lowest BCUT2D eigenvalue weighted by Gasteiger charge is -2.08. The molecule has 104 valence electrons. The Morgan fingerprint density at radius 2 is 1.81 bits per heavy atom. The smallest absolute Gasteiger partial charge is 0.274 e. The van der Waals surface area contributed by atoms with Gasteiger partial charge in [-0.05, 0) is 39.5 Å². The molecule has 0 spiro atoms. The Kier molecular flexibility index (Phi) is 3.58. The molecule has 0 bridgehead atoms. The lowest BCUT2D eigenvalue weighted by atomic mass is 10.1. The van der Waals surface area contributed by atoms with E-state index >= 15 is 0 Å². The predicted octanol–water partition coefficient (Wildman–Crippen LogP) is 3.83. The van der Waals surface area contributed by atoms with Crippen LogP contribution in [0.1, 0.15) is 10.5 Å². The van der Waals surface area contributed by atoms with Crippen molar-refractivity contribution in [2.45, 2.75) is 0 Å². The molecule has 1 heterocycles. The summed E-state index contributed by atoms with van der Waals surface area (Å²) in [4.78, 5) is 16.5. The average molecular weight is 342 g/mol. The van der Waals surface area contributed by atoms with Gasteiger partial charge >= 0.3 is 0 Å². The van der Waals surface area contributed by atoms with Crippen molar-refractivity contribution in [1.29, 1.82) is 0 Å². The number of halogens is 1. The third-order valence-corrected chi connectivity index (χ3v) is 3.82. The summed E-state index contributed by atoms with van der Waals surface area (Å²) in [5.41, 5.74) is 6.90. The Labute approximate surface area is 130 Å². The van der Waals surface area contributed by atoms with Gasteiger partial charge in [-0.3, -0.25) is 4.79 Å². The molecule has 0 aliphatic rings. The molecule has 1 aromatic heterocycles. The standard InChI is InChI=1S/C16H12BrN3O/c17-12-7-3-4-8-13(12)20-16(21)14-9-10-5-1-2-6-11(10)15(18)19-14/h1-9H,(H2,18,19)(H,20,21). The highest BCUT2D eigenvalue weighted by Crippen LogP contribution is 2.23. The number of nitrogens with one attached hydrogen (secondary N) is 1. The van der Waals surface area contributed by atoms with Gasteiger partial charge in [-0.25, -0.2) is 4.98 Å². The van der Waals surface area contributed by atoms with Gasteiger partial charge in [0.05, 0.1) is 5.69 Å². The Bertz CT molecular complexity index is 833. The Balaban J connectivity index is 1.97. The van der Waals surface area contributed by atoms with E-state index in [0.717, 1.165) is 15.2 Å². The first-order valence-corrected chi connectivity index (χ1v) is 7.15. The molecule has 0 unspecified atom stereocenters. The van der Waals surface area contributed by atoms with Crippen molar-refractivity contribution < 1.29 is 4.79 Å². The van der Waals surface area contributed by atoms with Gasteiger partial charge in [0.1, 0.15) is 11.5 Å². The normalized spacial score (nSPS) is 10.5. The Morgan fingerprint density at radius 3 is 2.62 bits per heavy atom. The first kappa shape index (κ1) is 13.6. The molecule has 0 fully saturated rings. The highest BCUT2D eigenvalue weighted by Gasteiger charge is 2.12. The number of para-hydroxylation sites is 1. The fourth-order valence-electron chi connectivity index (χ4n) is 2.09. The van der Waals surface area contributed by atoms with Gasteiger partial charge in [-0.15, -0.1) is 0 Å². The molecule has 21 heavy (non-hydrogen) atoms. The number of carbonyl (C=O) groups excluding carboxylic acids is 1. The molecule has 3 rings (SSSR count). The molecular formula is C16H12BrN3O. The van der Waals surface area contributed by atoms with Gasteiger partial charge in [0.25, 0.3) is 5.91 Å². The van der Waals surface area contributed by atoms with Crippen LogP contribution in [0.3, 0.4) is 0 Å². The van der Waals surface area contributed by atoms with E-state index in [0.29, 0.717) is 17.2 Å². The number of hydrogen-bond donors (Lipinski definition) is 2. The Morgan fingerprint density at radius 1 is 1.10 bits per heavy atom. The van der Waals surface area contributed by atoms with Gasteiger partial charge in [0, 0.05) is 9.86 Å². The molecule has 0 atom stereocenters. The highest BCUT2D eigenvalue weighted by molar-refractivity contribution is 9.10.